The van der Waals surface area contributed by atoms with Crippen LogP contribution >= 0.6 is 0 Å². The largest absolute Gasteiger partial charge is 0.369 e. The Morgan fingerprint density at radius 1 is 1.57 bits per heavy atom. The van der Waals surface area contributed by atoms with Crippen LogP contribution in [0.1, 0.15) is 20.8 Å². The van der Waals surface area contributed by atoms with Crippen LogP contribution in [0.3, 0.4) is 0 Å². The molecule has 0 fully saturated rings. The van der Waals surface area contributed by atoms with Gasteiger partial charge in [0.25, 0.3) is 0 Å². The molecular weight excluding hydrogens is 88.1 g/mol. The van der Waals surface area contributed by atoms with Crippen LogP contribution in [0, 0.1) is 12.5 Å². The third-order valence-corrected chi connectivity index (χ3v) is 0.463. The first-order valence-corrected chi connectivity index (χ1v) is 2.64. The predicted octanol–water partition coefficient (Wildman–Crippen LogP) is 1.72. The van der Waals surface area contributed by atoms with Gasteiger partial charge in [-0.05, 0) is 12.8 Å². The van der Waals surface area contributed by atoms with Crippen molar-refractivity contribution in [1.29, 1.82) is 0 Å². The number of rotatable bonds is 3. The molecule has 0 heterocycles. The van der Waals surface area contributed by atoms with Gasteiger partial charge in [0.2, 0.25) is 0 Å². The van der Waals surface area contributed by atoms with Gasteiger partial charge in [-0.1, -0.05) is 13.8 Å². The molecule has 0 aliphatic carbocycles. The van der Waals surface area contributed by atoms with E-state index in [4.69, 9.17) is 4.74 Å². The van der Waals surface area contributed by atoms with Crippen LogP contribution < -0.4 is 0 Å². The average molecular weight is 100 g/mol. The Kier molecular flexibility index (Phi) is 4.10. The summed E-state index contributed by atoms with van der Waals surface area (Å²) in [7, 11) is 0. The van der Waals surface area contributed by atoms with Gasteiger partial charge in [0, 0.05) is 6.61 Å². The highest BCUT2D eigenvalue weighted by atomic mass is 16.5. The van der Waals surface area contributed by atoms with Crippen molar-refractivity contribution in [3.8, 4) is 0 Å². The summed E-state index contributed by atoms with van der Waals surface area (Å²) in [6.45, 7) is 9.56. The molecule has 0 aromatic rings. The summed E-state index contributed by atoms with van der Waals surface area (Å²) in [5, 5.41) is 0. The number of hydrogen-bond acceptors (Lipinski definition) is 1. The van der Waals surface area contributed by atoms with Crippen LogP contribution in [0.5, 0.6) is 0 Å². The molecule has 1 heteroatoms. The zero-order valence-electron chi connectivity index (χ0n) is 5.19. The second-order valence-electron chi connectivity index (χ2n) is 1.71. The smallest absolute Gasteiger partial charge is 0.134 e. The SMILES string of the molecule is CCO[C]C(C)C. The van der Waals surface area contributed by atoms with Crippen molar-refractivity contribution in [1.82, 2.24) is 0 Å². The summed E-state index contributed by atoms with van der Waals surface area (Å²) < 4.78 is 4.84. The lowest BCUT2D eigenvalue weighted by molar-refractivity contribution is 0.188. The molecule has 0 amide bonds. The average Bonchev–Trinajstić information content (AvgIpc) is 1.61. The summed E-state index contributed by atoms with van der Waals surface area (Å²) in [6, 6.07) is 0. The van der Waals surface area contributed by atoms with Crippen molar-refractivity contribution < 1.29 is 4.74 Å². The minimum Gasteiger partial charge on any atom is -0.369 e. The van der Waals surface area contributed by atoms with E-state index >= 15 is 0 Å². The first-order chi connectivity index (χ1) is 3.27. The van der Waals surface area contributed by atoms with Crippen molar-refractivity contribution in [3.05, 3.63) is 6.61 Å². The normalized spacial score (nSPS) is 10.3. The first-order valence-electron chi connectivity index (χ1n) is 2.64. The molecule has 0 aromatic heterocycles. The fourth-order valence-electron chi connectivity index (χ4n) is 0.250. The van der Waals surface area contributed by atoms with Crippen LogP contribution in [0.2, 0.25) is 0 Å². The van der Waals surface area contributed by atoms with E-state index in [0.717, 1.165) is 6.61 Å². The summed E-state index contributed by atoms with van der Waals surface area (Å²) >= 11 is 0. The fraction of sp³-hybridized carbons (Fsp3) is 0.833. The zero-order valence-corrected chi connectivity index (χ0v) is 5.19. The maximum absolute atomic E-state index is 4.84. The molecule has 0 saturated carbocycles. The van der Waals surface area contributed by atoms with E-state index < -0.39 is 0 Å². The van der Waals surface area contributed by atoms with E-state index in [-0.39, 0.29) is 0 Å². The van der Waals surface area contributed by atoms with Crippen molar-refractivity contribution in [2.45, 2.75) is 20.8 Å². The van der Waals surface area contributed by atoms with Gasteiger partial charge in [-0.2, -0.15) is 0 Å². The van der Waals surface area contributed by atoms with Gasteiger partial charge in [0.1, 0.15) is 6.61 Å². The molecule has 0 saturated heterocycles. The lowest BCUT2D eigenvalue weighted by Crippen LogP contribution is -1.92. The Morgan fingerprint density at radius 3 is 2.29 bits per heavy atom. The van der Waals surface area contributed by atoms with Crippen molar-refractivity contribution in [2.75, 3.05) is 6.61 Å². The Labute approximate surface area is 45.7 Å². The Hall–Kier alpha value is -0.0400. The molecule has 0 aliphatic heterocycles. The Morgan fingerprint density at radius 2 is 2.14 bits per heavy atom. The first kappa shape index (κ1) is 6.96. The van der Waals surface area contributed by atoms with Gasteiger partial charge >= 0.3 is 0 Å². The predicted molar refractivity (Wildman–Crippen MR) is 29.7 cm³/mol. The highest BCUT2D eigenvalue weighted by molar-refractivity contribution is 4.53. The van der Waals surface area contributed by atoms with Crippen molar-refractivity contribution in [2.24, 2.45) is 5.92 Å². The van der Waals surface area contributed by atoms with E-state index in [1.807, 2.05) is 20.8 Å². The third kappa shape index (κ3) is 5.96. The molecule has 0 bridgehead atoms. The summed E-state index contributed by atoms with van der Waals surface area (Å²) in [4.78, 5) is 0. The molecule has 0 atom stereocenters. The molecule has 2 radical (unpaired) electrons. The molecule has 0 unspecified atom stereocenters. The minimum absolute atomic E-state index is 0.431. The van der Waals surface area contributed by atoms with Gasteiger partial charge in [0.05, 0.1) is 0 Å². The highest BCUT2D eigenvalue weighted by Gasteiger charge is 1.91. The van der Waals surface area contributed by atoms with E-state index in [1.165, 1.54) is 0 Å². The fourth-order valence-corrected chi connectivity index (χ4v) is 0.250. The molecule has 0 aliphatic rings. The van der Waals surface area contributed by atoms with Crippen LogP contribution in [0.25, 0.3) is 0 Å². The molecular formula is C6H12O. The molecule has 1 nitrogen and oxygen atoms in total. The second-order valence-corrected chi connectivity index (χ2v) is 1.71. The standard InChI is InChI=1S/C6H12O/c1-4-7-5-6(2)3/h6H,4H2,1-3H3. The second kappa shape index (κ2) is 4.13. The molecule has 0 rings (SSSR count). The van der Waals surface area contributed by atoms with E-state index in [0.29, 0.717) is 5.92 Å². The van der Waals surface area contributed by atoms with E-state index in [9.17, 15) is 0 Å². The maximum atomic E-state index is 4.84. The van der Waals surface area contributed by atoms with Gasteiger partial charge in [-0.3, -0.25) is 0 Å². The molecule has 0 aromatic carbocycles. The van der Waals surface area contributed by atoms with Gasteiger partial charge in [-0.15, -0.1) is 0 Å². The molecule has 7 heavy (non-hydrogen) atoms. The third-order valence-electron chi connectivity index (χ3n) is 0.463. The van der Waals surface area contributed by atoms with Crippen LogP contribution in [0.4, 0.5) is 0 Å². The van der Waals surface area contributed by atoms with E-state index in [1.54, 1.807) is 0 Å². The molecule has 0 spiro atoms. The monoisotopic (exact) mass is 100 g/mol. The summed E-state index contributed by atoms with van der Waals surface area (Å²) in [5.41, 5.74) is 0. The maximum Gasteiger partial charge on any atom is 0.134 e. The summed E-state index contributed by atoms with van der Waals surface area (Å²) in [5.74, 6) is 0.431. The van der Waals surface area contributed by atoms with Crippen LogP contribution in [-0.4, -0.2) is 6.61 Å². The number of hydrogen-bond donors (Lipinski definition) is 0. The quantitative estimate of drug-likeness (QED) is 0.524. The van der Waals surface area contributed by atoms with E-state index in [2.05, 4.69) is 6.61 Å². The topological polar surface area (TPSA) is 9.23 Å². The summed E-state index contributed by atoms with van der Waals surface area (Å²) in [6.07, 6.45) is 0. The minimum atomic E-state index is 0.431. The van der Waals surface area contributed by atoms with Gasteiger partial charge < -0.3 is 4.74 Å². The van der Waals surface area contributed by atoms with Crippen molar-refractivity contribution in [3.63, 3.8) is 0 Å². The number of ether oxygens (including phenoxy) is 1. The molecule has 42 valence electrons. The van der Waals surface area contributed by atoms with Gasteiger partial charge in [-0.25, -0.2) is 0 Å². The Bertz CT molecular complexity index is 33.2. The van der Waals surface area contributed by atoms with Crippen LogP contribution in [0.15, 0.2) is 0 Å². The zero-order chi connectivity index (χ0) is 5.70. The van der Waals surface area contributed by atoms with Crippen LogP contribution in [-0.2, 0) is 4.74 Å². The highest BCUT2D eigenvalue weighted by Crippen LogP contribution is 1.96. The molecule has 0 N–H and O–H groups in total. The Balaban J connectivity index is 2.68. The lowest BCUT2D eigenvalue weighted by atomic mass is 10.2. The lowest BCUT2D eigenvalue weighted by Gasteiger charge is -1.98. The van der Waals surface area contributed by atoms with Gasteiger partial charge in [0.15, 0.2) is 0 Å². The van der Waals surface area contributed by atoms with Crippen molar-refractivity contribution >= 4 is 0 Å².